The molecule has 6 aromatic rings. The number of allylic oxidation sites excluding steroid dienone is 2. The molecule has 0 fully saturated rings. The highest BCUT2D eigenvalue weighted by molar-refractivity contribution is 5.88. The molecule has 3 heterocycles. The van der Waals surface area contributed by atoms with Crippen molar-refractivity contribution in [3.63, 3.8) is 0 Å². The predicted molar refractivity (Wildman–Crippen MR) is 190 cm³/mol. The van der Waals surface area contributed by atoms with Gasteiger partial charge in [-0.1, -0.05) is 72.8 Å². The van der Waals surface area contributed by atoms with Crippen LogP contribution in [0.15, 0.2) is 121 Å². The van der Waals surface area contributed by atoms with Gasteiger partial charge in [0.2, 0.25) is 0 Å². The summed E-state index contributed by atoms with van der Waals surface area (Å²) in [6.45, 7) is 1.31. The van der Waals surface area contributed by atoms with Crippen molar-refractivity contribution >= 4 is 27.9 Å². The second-order valence-corrected chi connectivity index (χ2v) is 13.0. The van der Waals surface area contributed by atoms with Crippen LogP contribution in [0, 0.1) is 5.82 Å². The molecule has 0 saturated carbocycles. The van der Waals surface area contributed by atoms with E-state index >= 15 is 0 Å². The molecule has 3 aliphatic rings. The summed E-state index contributed by atoms with van der Waals surface area (Å²) in [4.78, 5) is 8.38. The number of rotatable bonds is 8. The number of benzene rings is 4. The number of nitrogens with one attached hydrogen (secondary N) is 4. The van der Waals surface area contributed by atoms with Gasteiger partial charge in [-0.2, -0.15) is 5.10 Å². The van der Waals surface area contributed by atoms with Crippen LogP contribution in [0.4, 0.5) is 15.8 Å². The third kappa shape index (κ3) is 5.23. The van der Waals surface area contributed by atoms with Crippen molar-refractivity contribution in [3.05, 3.63) is 149 Å². The van der Waals surface area contributed by atoms with Crippen molar-refractivity contribution < 1.29 is 4.39 Å². The number of nitrogens with zero attached hydrogens (tertiary/aromatic N) is 3. The first-order chi connectivity index (χ1) is 23.7. The fourth-order valence-electron chi connectivity index (χ4n) is 7.67. The van der Waals surface area contributed by atoms with Gasteiger partial charge < -0.3 is 20.9 Å². The Bertz CT molecular complexity index is 2180. The molecule has 0 radical (unpaired) electrons. The standard InChI is InChI=1S/C40H36FN7/c41-27-12-17-36-33(22-27)32-16-15-30(25-7-3-1-4-8-25)38(39(32)46-36)42-19-20-48-24-43-40(47-48)26-11-14-31-34-23-29(44-28-9-5-2-6-10-28)13-18-35(34)45-37(31)21-26/h1-12,14-17,21-22,24,29,32,39,42,44-46H,13,18-20,23H2. The van der Waals surface area contributed by atoms with Gasteiger partial charge in [0.15, 0.2) is 5.82 Å². The number of anilines is 2. The van der Waals surface area contributed by atoms with E-state index in [9.17, 15) is 4.39 Å². The summed E-state index contributed by atoms with van der Waals surface area (Å²) < 4.78 is 16.1. The van der Waals surface area contributed by atoms with E-state index in [1.54, 1.807) is 6.07 Å². The van der Waals surface area contributed by atoms with Crippen LogP contribution in [0.3, 0.4) is 0 Å². The van der Waals surface area contributed by atoms with Gasteiger partial charge in [-0.15, -0.1) is 0 Å². The van der Waals surface area contributed by atoms with E-state index in [1.165, 1.54) is 28.4 Å². The minimum Gasteiger partial charge on any atom is -0.384 e. The minimum atomic E-state index is -0.210. The van der Waals surface area contributed by atoms with Crippen molar-refractivity contribution in [1.82, 2.24) is 25.1 Å². The summed E-state index contributed by atoms with van der Waals surface area (Å²) >= 11 is 0. The van der Waals surface area contributed by atoms with Gasteiger partial charge in [-0.05, 0) is 72.4 Å². The maximum atomic E-state index is 14.2. The summed E-state index contributed by atoms with van der Waals surface area (Å²) in [7, 11) is 0. The van der Waals surface area contributed by atoms with Gasteiger partial charge in [0.1, 0.15) is 12.1 Å². The molecule has 4 aromatic carbocycles. The Morgan fingerprint density at radius 2 is 1.77 bits per heavy atom. The van der Waals surface area contributed by atoms with Gasteiger partial charge in [0.25, 0.3) is 0 Å². The second-order valence-electron chi connectivity index (χ2n) is 13.0. The lowest BCUT2D eigenvalue weighted by Crippen LogP contribution is -2.35. The molecule has 2 aliphatic carbocycles. The number of H-pyrrole nitrogens is 1. The SMILES string of the molecule is Fc1ccc2c(c1)C1C=CC(c3ccccc3)=C(NCCn3cnc(-c4ccc5c6c([nH]c5c4)CCC(Nc4ccccc4)C6)n3)C1N2. The van der Waals surface area contributed by atoms with E-state index in [2.05, 4.69) is 111 Å². The molecule has 7 nitrogen and oxygen atoms in total. The molecular formula is C40H36FN7. The minimum absolute atomic E-state index is 0.00365. The van der Waals surface area contributed by atoms with Gasteiger partial charge in [0, 0.05) is 63.3 Å². The van der Waals surface area contributed by atoms with Gasteiger partial charge >= 0.3 is 0 Å². The third-order valence-electron chi connectivity index (χ3n) is 9.98. The Morgan fingerprint density at radius 1 is 0.917 bits per heavy atom. The quantitative estimate of drug-likeness (QED) is 0.138. The van der Waals surface area contributed by atoms with E-state index < -0.39 is 0 Å². The Kier molecular flexibility index (Phi) is 7.07. The highest BCUT2D eigenvalue weighted by Gasteiger charge is 2.36. The van der Waals surface area contributed by atoms with Crippen LogP contribution in [0.1, 0.15) is 34.7 Å². The van der Waals surface area contributed by atoms with E-state index in [0.29, 0.717) is 25.0 Å². The van der Waals surface area contributed by atoms with Crippen LogP contribution in [0.2, 0.25) is 0 Å². The summed E-state index contributed by atoms with van der Waals surface area (Å²) in [5.41, 5.74) is 11.4. The molecule has 0 saturated heterocycles. The number of hydrogen-bond donors (Lipinski definition) is 4. The molecule has 0 spiro atoms. The zero-order valence-corrected chi connectivity index (χ0v) is 26.5. The highest BCUT2D eigenvalue weighted by Crippen LogP contribution is 2.44. The monoisotopic (exact) mass is 633 g/mol. The molecule has 3 atom stereocenters. The summed E-state index contributed by atoms with van der Waals surface area (Å²) in [6, 6.07) is 32.9. The number of para-hydroxylation sites is 1. The number of aromatic amines is 1. The molecule has 9 rings (SSSR count). The predicted octanol–water partition coefficient (Wildman–Crippen LogP) is 7.68. The first kappa shape index (κ1) is 28.6. The Hall–Kier alpha value is -5.63. The molecule has 2 aromatic heterocycles. The van der Waals surface area contributed by atoms with Crippen molar-refractivity contribution in [1.29, 1.82) is 0 Å². The highest BCUT2D eigenvalue weighted by atomic mass is 19.1. The third-order valence-corrected chi connectivity index (χ3v) is 9.98. The van der Waals surface area contributed by atoms with E-state index in [1.807, 2.05) is 23.1 Å². The lowest BCUT2D eigenvalue weighted by atomic mass is 9.84. The van der Waals surface area contributed by atoms with Crippen LogP contribution >= 0.6 is 0 Å². The van der Waals surface area contributed by atoms with Crippen molar-refractivity contribution in [2.24, 2.45) is 0 Å². The van der Waals surface area contributed by atoms with Crippen LogP contribution < -0.4 is 16.0 Å². The fourth-order valence-corrected chi connectivity index (χ4v) is 7.67. The maximum Gasteiger partial charge on any atom is 0.181 e. The van der Waals surface area contributed by atoms with Crippen LogP contribution in [-0.4, -0.2) is 38.4 Å². The Labute approximate surface area is 278 Å². The van der Waals surface area contributed by atoms with Gasteiger partial charge in [-0.25, -0.2) is 9.37 Å². The van der Waals surface area contributed by atoms with E-state index in [0.717, 1.165) is 58.4 Å². The number of fused-ring (bicyclic) bond motifs is 6. The molecule has 238 valence electrons. The lowest BCUT2D eigenvalue weighted by Gasteiger charge is -2.29. The average molecular weight is 634 g/mol. The van der Waals surface area contributed by atoms with Crippen molar-refractivity contribution in [2.45, 2.75) is 43.8 Å². The van der Waals surface area contributed by atoms with Crippen molar-refractivity contribution in [3.8, 4) is 11.4 Å². The largest absolute Gasteiger partial charge is 0.384 e. The van der Waals surface area contributed by atoms with Crippen LogP contribution in [-0.2, 0) is 19.4 Å². The summed E-state index contributed by atoms with van der Waals surface area (Å²) in [5.74, 6) is 0.565. The zero-order valence-electron chi connectivity index (χ0n) is 26.5. The summed E-state index contributed by atoms with van der Waals surface area (Å²) in [5, 5.41) is 17.2. The molecule has 3 unspecified atom stereocenters. The lowest BCUT2D eigenvalue weighted by molar-refractivity contribution is 0.566. The zero-order chi connectivity index (χ0) is 32.0. The van der Waals surface area contributed by atoms with Gasteiger partial charge in [-0.3, -0.25) is 4.68 Å². The van der Waals surface area contributed by atoms with E-state index in [-0.39, 0.29) is 17.8 Å². The van der Waals surface area contributed by atoms with E-state index in [4.69, 9.17) is 5.10 Å². The number of halogens is 1. The molecule has 1 aliphatic heterocycles. The number of aryl methyl sites for hydroxylation is 1. The average Bonchev–Trinajstić information content (AvgIpc) is 3.84. The molecule has 0 bridgehead atoms. The van der Waals surface area contributed by atoms with Crippen LogP contribution in [0.25, 0.3) is 27.9 Å². The maximum absolute atomic E-state index is 14.2. The second kappa shape index (κ2) is 11.9. The molecular weight excluding hydrogens is 597 g/mol. The fraction of sp³-hybridized carbons (Fsp3) is 0.200. The number of hydrogen-bond acceptors (Lipinski definition) is 5. The number of aromatic nitrogens is 4. The van der Waals surface area contributed by atoms with Gasteiger partial charge in [0.05, 0.1) is 12.6 Å². The topological polar surface area (TPSA) is 82.6 Å². The molecule has 8 heteroatoms. The summed E-state index contributed by atoms with van der Waals surface area (Å²) in [6.07, 6.45) is 9.30. The molecule has 0 amide bonds. The Morgan fingerprint density at radius 3 is 2.65 bits per heavy atom. The smallest absolute Gasteiger partial charge is 0.181 e. The normalized spacial score (nSPS) is 19.5. The van der Waals surface area contributed by atoms with Crippen molar-refractivity contribution in [2.75, 3.05) is 17.2 Å². The first-order valence-electron chi connectivity index (χ1n) is 16.8. The first-order valence-corrected chi connectivity index (χ1v) is 16.8. The molecule has 4 N–H and O–H groups in total. The Balaban J connectivity index is 0.909. The molecule has 48 heavy (non-hydrogen) atoms. The van der Waals surface area contributed by atoms with Crippen LogP contribution in [0.5, 0.6) is 0 Å².